The second-order valence-corrected chi connectivity index (χ2v) is 20.7. The first-order valence-electron chi connectivity index (χ1n) is 20.1. The summed E-state index contributed by atoms with van der Waals surface area (Å²) in [6.45, 7) is 15.1. The van der Waals surface area contributed by atoms with E-state index in [9.17, 15) is 18.5 Å². The highest BCUT2D eigenvalue weighted by Crippen LogP contribution is 2.54. The molecule has 3 aromatic heterocycles. The summed E-state index contributed by atoms with van der Waals surface area (Å²) in [5, 5.41) is 9.57. The van der Waals surface area contributed by atoms with Crippen LogP contribution in [0.25, 0.3) is 28.1 Å². The van der Waals surface area contributed by atoms with Crippen molar-refractivity contribution in [2.75, 3.05) is 38.8 Å². The van der Waals surface area contributed by atoms with Crippen LogP contribution in [0.1, 0.15) is 90.9 Å². The third-order valence-corrected chi connectivity index (χ3v) is 16.5. The first-order valence-corrected chi connectivity index (χ1v) is 22.2. The number of anilines is 1. The maximum Gasteiger partial charge on any atom is 0.338 e. The summed E-state index contributed by atoms with van der Waals surface area (Å²) in [6.07, 6.45) is 5.85. The van der Waals surface area contributed by atoms with Crippen LogP contribution in [0.4, 0.5) is 10.1 Å². The molecule has 1 unspecified atom stereocenters. The molecule has 1 amide bonds. The minimum Gasteiger partial charge on any atom is -0.387 e. The summed E-state index contributed by atoms with van der Waals surface area (Å²) in [4.78, 5) is 31.2. The van der Waals surface area contributed by atoms with Crippen molar-refractivity contribution >= 4 is 34.9 Å². The number of hydrogen-bond acceptors (Lipinski definition) is 6. The van der Waals surface area contributed by atoms with Gasteiger partial charge >= 0.3 is 5.69 Å². The lowest BCUT2D eigenvalue weighted by Crippen LogP contribution is -2.40. The average Bonchev–Trinajstić information content (AvgIpc) is 3.88. The Balaban J connectivity index is 1.22. The lowest BCUT2D eigenvalue weighted by Gasteiger charge is -2.33. The van der Waals surface area contributed by atoms with Gasteiger partial charge in [-0.25, -0.2) is 13.9 Å². The smallest absolute Gasteiger partial charge is 0.338 e. The van der Waals surface area contributed by atoms with Crippen LogP contribution in [-0.2, 0) is 22.8 Å². The normalized spacial score (nSPS) is 17.4. The molecule has 13 heteroatoms. The topological polar surface area (TPSA) is 108 Å². The van der Waals surface area contributed by atoms with Gasteiger partial charge in [-0.15, -0.1) is 0 Å². The minimum absolute atomic E-state index is 0.107. The summed E-state index contributed by atoms with van der Waals surface area (Å²) >= 11 is 0. The van der Waals surface area contributed by atoms with Crippen molar-refractivity contribution in [3.8, 4) is 17.2 Å². The minimum atomic E-state index is -2.80. The van der Waals surface area contributed by atoms with E-state index in [1.807, 2.05) is 68.5 Å². The van der Waals surface area contributed by atoms with Gasteiger partial charge < -0.3 is 24.1 Å². The third-order valence-electron chi connectivity index (χ3n) is 12.6. The van der Waals surface area contributed by atoms with Gasteiger partial charge in [0.2, 0.25) is 0 Å². The second kappa shape index (κ2) is 14.6. The van der Waals surface area contributed by atoms with Crippen LogP contribution in [0.15, 0.2) is 71.8 Å². The Bertz CT molecular complexity index is 2690. The molecule has 0 radical (unpaired) electrons. The summed E-state index contributed by atoms with van der Waals surface area (Å²) < 4.78 is 41.4. The Morgan fingerprint density at radius 3 is 2.33 bits per heavy atom. The third kappa shape index (κ3) is 6.45. The number of amides is 1. The number of halogens is 1. The molecular formula is C45H53FN7O4P. The number of fused-ring (bicyclic) bond motifs is 2. The maximum atomic E-state index is 15.0. The lowest BCUT2D eigenvalue weighted by atomic mass is 9.91. The van der Waals surface area contributed by atoms with E-state index in [0.29, 0.717) is 58.6 Å². The van der Waals surface area contributed by atoms with Crippen LogP contribution < -0.4 is 16.3 Å². The summed E-state index contributed by atoms with van der Waals surface area (Å²) in [7, 11) is 0.918. The van der Waals surface area contributed by atoms with Crippen LogP contribution in [0, 0.1) is 19.7 Å². The molecule has 2 atom stereocenters. The van der Waals surface area contributed by atoms with E-state index < -0.39 is 18.3 Å². The van der Waals surface area contributed by atoms with Gasteiger partial charge in [-0.3, -0.25) is 13.9 Å². The van der Waals surface area contributed by atoms with Crippen molar-refractivity contribution in [1.82, 2.24) is 28.4 Å². The molecule has 2 aliphatic heterocycles. The maximum absolute atomic E-state index is 15.0. The fourth-order valence-electron chi connectivity index (χ4n) is 8.74. The van der Waals surface area contributed by atoms with Crippen molar-refractivity contribution in [2.45, 2.75) is 77.9 Å². The Morgan fingerprint density at radius 2 is 1.66 bits per heavy atom. The monoisotopic (exact) mass is 805 g/mol. The predicted molar refractivity (Wildman–Crippen MR) is 229 cm³/mol. The summed E-state index contributed by atoms with van der Waals surface area (Å²) in [6, 6.07) is 17.0. The largest absolute Gasteiger partial charge is 0.387 e. The number of carbonyl (C=O) groups is 1. The van der Waals surface area contributed by atoms with Crippen LogP contribution in [0.5, 0.6) is 0 Å². The Kier molecular flexibility index (Phi) is 9.96. The predicted octanol–water partition coefficient (Wildman–Crippen LogP) is 8.17. The number of rotatable bonds is 7. The zero-order valence-corrected chi connectivity index (χ0v) is 35.8. The number of imidazole rings is 1. The van der Waals surface area contributed by atoms with E-state index in [1.54, 1.807) is 65.9 Å². The highest BCUT2D eigenvalue weighted by atomic mass is 31.2. The van der Waals surface area contributed by atoms with Gasteiger partial charge in [0.25, 0.3) is 5.91 Å². The Hall–Kier alpha value is -5.19. The van der Waals surface area contributed by atoms with Crippen LogP contribution in [-0.4, -0.2) is 72.9 Å². The van der Waals surface area contributed by atoms with Crippen molar-refractivity contribution in [1.29, 1.82) is 0 Å². The average molecular weight is 806 g/mol. The van der Waals surface area contributed by atoms with Crippen molar-refractivity contribution < 1.29 is 18.5 Å². The highest BCUT2D eigenvalue weighted by molar-refractivity contribution is 7.72. The molecule has 5 heterocycles. The number of carbonyl (C=O) groups excluding carboxylic acids is 1. The first kappa shape index (κ1) is 39.6. The molecular weight excluding hydrogens is 753 g/mol. The SMILES string of the molecule is CNc1cc(-n2ccn(-c3c4c(nn3-c3cc(C)c(F)c(C)c3)CCN(C(=O)c3cc5cc(C6CCOCC6)ccc5n3C)[C@H]4C)c2=O)ccc1P(C)(=O)C(C)(C)C. The Morgan fingerprint density at radius 1 is 0.966 bits per heavy atom. The van der Waals surface area contributed by atoms with Crippen LogP contribution in [0.2, 0.25) is 0 Å². The van der Waals surface area contributed by atoms with Crippen molar-refractivity contribution in [3.05, 3.63) is 117 Å². The molecule has 0 bridgehead atoms. The molecule has 11 nitrogen and oxygen atoms in total. The standard InChI is InChI=1S/C45H53FN7O4P/c1-27-22-34(23-28(2)41(27)46)53-42(52-19-18-51(44(52)55)33-11-13-39(36(26-33)47-7)58(9,56)45(4,5)6)40-29(3)50(17-14-35(40)48-53)43(54)38-25-32-24-31(10-12-37(32)49(38)8)30-15-20-57-21-16-30/h10-13,18-19,22-26,29-30,47H,14-17,20-21H2,1-9H3/t29-,58?/m0/s1. The van der Waals surface area contributed by atoms with Gasteiger partial charge in [-0.05, 0) is 111 Å². The van der Waals surface area contributed by atoms with Crippen LogP contribution in [0.3, 0.4) is 0 Å². The van der Waals surface area contributed by atoms with E-state index in [2.05, 4.69) is 23.5 Å². The zero-order chi connectivity index (χ0) is 41.4. The molecule has 0 aliphatic carbocycles. The number of ether oxygens (including phenoxy) is 1. The van der Waals surface area contributed by atoms with Crippen LogP contribution >= 0.6 is 7.14 Å². The van der Waals surface area contributed by atoms with E-state index in [1.165, 1.54) is 5.56 Å². The first-order chi connectivity index (χ1) is 27.5. The van der Waals surface area contributed by atoms with Gasteiger partial charge in [0.1, 0.15) is 24.5 Å². The van der Waals surface area contributed by atoms with Gasteiger partial charge in [-0.2, -0.15) is 5.10 Å². The van der Waals surface area contributed by atoms with Gasteiger partial charge in [0.15, 0.2) is 0 Å². The van der Waals surface area contributed by atoms with Gasteiger partial charge in [-0.1, -0.05) is 26.8 Å². The molecule has 0 spiro atoms. The molecule has 1 fully saturated rings. The van der Waals surface area contributed by atoms with Crippen molar-refractivity contribution in [3.63, 3.8) is 0 Å². The number of nitrogens with one attached hydrogen (secondary N) is 1. The quantitative estimate of drug-likeness (QED) is 0.163. The summed E-state index contributed by atoms with van der Waals surface area (Å²) in [5.74, 6) is 0.527. The number of nitrogens with zero attached hydrogens (tertiary/aromatic N) is 6. The Labute approximate surface area is 338 Å². The lowest BCUT2D eigenvalue weighted by molar-refractivity contribution is 0.0667. The molecule has 6 aromatic rings. The van der Waals surface area contributed by atoms with E-state index in [4.69, 9.17) is 9.84 Å². The molecule has 1 saturated heterocycles. The summed E-state index contributed by atoms with van der Waals surface area (Å²) in [5.41, 5.74) is 6.84. The molecule has 1 N–H and O–H groups in total. The number of benzene rings is 3. The second-order valence-electron chi connectivity index (χ2n) is 17.1. The van der Waals surface area contributed by atoms with E-state index in [0.717, 1.165) is 53.5 Å². The number of aromatic nitrogens is 5. The number of hydrogen-bond donors (Lipinski definition) is 1. The molecule has 0 saturated carbocycles. The highest BCUT2D eigenvalue weighted by Gasteiger charge is 2.38. The fraction of sp³-hybridized carbons (Fsp3) is 0.400. The molecule has 2 aliphatic rings. The van der Waals surface area contributed by atoms with Gasteiger partial charge in [0, 0.05) is 85.3 Å². The van der Waals surface area contributed by atoms with Crippen molar-refractivity contribution in [2.24, 2.45) is 7.05 Å². The molecule has 304 valence electrons. The van der Waals surface area contributed by atoms with E-state index in [-0.39, 0.29) is 17.4 Å². The molecule has 8 rings (SSSR count). The fourth-order valence-corrected chi connectivity index (χ4v) is 10.5. The molecule has 58 heavy (non-hydrogen) atoms. The number of aryl methyl sites for hydroxylation is 3. The van der Waals surface area contributed by atoms with E-state index >= 15 is 0 Å². The van der Waals surface area contributed by atoms with Gasteiger partial charge in [0.05, 0.1) is 23.1 Å². The zero-order valence-electron chi connectivity index (χ0n) is 34.9. The molecule has 3 aromatic carbocycles.